The Kier molecular flexibility index (Phi) is 2.52. The molecule has 0 spiro atoms. The summed E-state index contributed by atoms with van der Waals surface area (Å²) >= 11 is 0. The first-order chi connectivity index (χ1) is 9.13. The van der Waals surface area contributed by atoms with Crippen molar-refractivity contribution < 1.29 is 18.7 Å². The lowest BCUT2D eigenvalue weighted by atomic mass is 10.1. The fraction of sp³-hybridized carbons (Fsp3) is 0. The molecule has 0 aliphatic carbocycles. The summed E-state index contributed by atoms with van der Waals surface area (Å²) in [4.78, 5) is 14.9. The SMILES string of the molecule is O=C(O)c1ccc(-c2nc3cc(F)ccc3o2)cc1. The van der Waals surface area contributed by atoms with Gasteiger partial charge >= 0.3 is 5.97 Å². The molecule has 0 atom stereocenters. The van der Waals surface area contributed by atoms with Crippen molar-refractivity contribution in [2.24, 2.45) is 0 Å². The van der Waals surface area contributed by atoms with Gasteiger partial charge in [0.1, 0.15) is 11.3 Å². The molecule has 0 saturated heterocycles. The number of rotatable bonds is 2. The van der Waals surface area contributed by atoms with Crippen LogP contribution in [0.2, 0.25) is 0 Å². The molecule has 94 valence electrons. The second-order valence-electron chi connectivity index (χ2n) is 4.01. The summed E-state index contributed by atoms with van der Waals surface area (Å²) in [6, 6.07) is 10.2. The van der Waals surface area contributed by atoms with Gasteiger partial charge in [-0.05, 0) is 36.4 Å². The Balaban J connectivity index is 2.06. The first kappa shape index (κ1) is 11.4. The van der Waals surface area contributed by atoms with Crippen molar-refractivity contribution in [3.05, 3.63) is 53.8 Å². The van der Waals surface area contributed by atoms with E-state index < -0.39 is 5.97 Å². The molecule has 0 aliphatic heterocycles. The number of aromatic carboxylic acids is 1. The maximum atomic E-state index is 13.0. The highest BCUT2D eigenvalue weighted by atomic mass is 19.1. The lowest BCUT2D eigenvalue weighted by Crippen LogP contribution is -1.94. The van der Waals surface area contributed by atoms with Crippen LogP contribution in [0.3, 0.4) is 0 Å². The van der Waals surface area contributed by atoms with E-state index in [-0.39, 0.29) is 11.4 Å². The zero-order valence-electron chi connectivity index (χ0n) is 9.63. The van der Waals surface area contributed by atoms with E-state index >= 15 is 0 Å². The highest BCUT2D eigenvalue weighted by Crippen LogP contribution is 2.24. The Labute approximate surface area is 107 Å². The van der Waals surface area contributed by atoms with Crippen molar-refractivity contribution >= 4 is 17.1 Å². The largest absolute Gasteiger partial charge is 0.478 e. The Morgan fingerprint density at radius 1 is 1.16 bits per heavy atom. The molecule has 0 amide bonds. The molecule has 2 aromatic carbocycles. The lowest BCUT2D eigenvalue weighted by Gasteiger charge is -1.96. The van der Waals surface area contributed by atoms with Crippen molar-refractivity contribution in [1.29, 1.82) is 0 Å². The van der Waals surface area contributed by atoms with Gasteiger partial charge in [-0.2, -0.15) is 0 Å². The monoisotopic (exact) mass is 257 g/mol. The van der Waals surface area contributed by atoms with Crippen molar-refractivity contribution in [3.63, 3.8) is 0 Å². The fourth-order valence-electron chi connectivity index (χ4n) is 1.78. The summed E-state index contributed by atoms with van der Waals surface area (Å²) in [6.07, 6.45) is 0. The van der Waals surface area contributed by atoms with E-state index in [4.69, 9.17) is 9.52 Å². The van der Waals surface area contributed by atoms with Crippen molar-refractivity contribution in [2.75, 3.05) is 0 Å². The van der Waals surface area contributed by atoms with Crippen molar-refractivity contribution in [3.8, 4) is 11.5 Å². The average Bonchev–Trinajstić information content (AvgIpc) is 2.81. The van der Waals surface area contributed by atoms with Gasteiger partial charge in [0.2, 0.25) is 5.89 Å². The van der Waals surface area contributed by atoms with E-state index in [0.29, 0.717) is 22.6 Å². The Bertz CT molecular complexity index is 762. The van der Waals surface area contributed by atoms with E-state index in [1.807, 2.05) is 0 Å². The highest BCUT2D eigenvalue weighted by Gasteiger charge is 2.10. The van der Waals surface area contributed by atoms with Crippen LogP contribution >= 0.6 is 0 Å². The Morgan fingerprint density at radius 2 is 1.89 bits per heavy atom. The number of halogens is 1. The second kappa shape index (κ2) is 4.20. The van der Waals surface area contributed by atoms with Gasteiger partial charge < -0.3 is 9.52 Å². The number of carboxylic acid groups (broad SMARTS) is 1. The normalized spacial score (nSPS) is 10.8. The van der Waals surface area contributed by atoms with Crippen LogP contribution in [0, 0.1) is 5.82 Å². The highest BCUT2D eigenvalue weighted by molar-refractivity contribution is 5.88. The van der Waals surface area contributed by atoms with Gasteiger partial charge in [0, 0.05) is 11.6 Å². The zero-order valence-corrected chi connectivity index (χ0v) is 9.63. The van der Waals surface area contributed by atoms with Gasteiger partial charge in [-0.3, -0.25) is 0 Å². The minimum Gasteiger partial charge on any atom is -0.478 e. The molecule has 0 aliphatic rings. The van der Waals surface area contributed by atoms with E-state index in [1.54, 1.807) is 12.1 Å². The molecule has 3 rings (SSSR count). The van der Waals surface area contributed by atoms with Gasteiger partial charge in [0.15, 0.2) is 5.58 Å². The van der Waals surface area contributed by atoms with Gasteiger partial charge in [-0.25, -0.2) is 14.2 Å². The molecule has 5 heteroatoms. The summed E-state index contributed by atoms with van der Waals surface area (Å²) in [5, 5.41) is 8.81. The molecule has 0 saturated carbocycles. The first-order valence-electron chi connectivity index (χ1n) is 5.53. The maximum Gasteiger partial charge on any atom is 0.335 e. The first-order valence-corrected chi connectivity index (χ1v) is 5.53. The number of oxazole rings is 1. The van der Waals surface area contributed by atoms with Crippen LogP contribution in [0.15, 0.2) is 46.9 Å². The zero-order chi connectivity index (χ0) is 13.4. The van der Waals surface area contributed by atoms with Gasteiger partial charge in [-0.1, -0.05) is 0 Å². The molecule has 0 fully saturated rings. The van der Waals surface area contributed by atoms with Crippen LogP contribution in [0.5, 0.6) is 0 Å². The topological polar surface area (TPSA) is 63.3 Å². The second-order valence-corrected chi connectivity index (χ2v) is 4.01. The average molecular weight is 257 g/mol. The quantitative estimate of drug-likeness (QED) is 0.764. The van der Waals surface area contributed by atoms with Crippen molar-refractivity contribution in [1.82, 2.24) is 4.98 Å². The van der Waals surface area contributed by atoms with Crippen LogP contribution in [-0.4, -0.2) is 16.1 Å². The summed E-state index contributed by atoms with van der Waals surface area (Å²) in [7, 11) is 0. The van der Waals surface area contributed by atoms with Gasteiger partial charge in [0.25, 0.3) is 0 Å². The molecule has 4 nitrogen and oxygen atoms in total. The van der Waals surface area contributed by atoms with Crippen LogP contribution in [-0.2, 0) is 0 Å². The number of benzene rings is 2. The maximum absolute atomic E-state index is 13.0. The molecular formula is C14H8FNO3. The number of carbonyl (C=O) groups is 1. The number of hydrogen-bond donors (Lipinski definition) is 1. The third-order valence-electron chi connectivity index (χ3n) is 2.73. The number of nitrogens with zero attached hydrogens (tertiary/aromatic N) is 1. The molecule has 0 unspecified atom stereocenters. The molecule has 1 N–H and O–H groups in total. The van der Waals surface area contributed by atoms with Crippen LogP contribution in [0.25, 0.3) is 22.6 Å². The lowest BCUT2D eigenvalue weighted by molar-refractivity contribution is 0.0697. The van der Waals surface area contributed by atoms with Gasteiger partial charge in [0.05, 0.1) is 5.56 Å². The molecule has 0 bridgehead atoms. The Morgan fingerprint density at radius 3 is 2.58 bits per heavy atom. The van der Waals surface area contributed by atoms with Crippen LogP contribution in [0.1, 0.15) is 10.4 Å². The predicted molar refractivity (Wildman–Crippen MR) is 66.4 cm³/mol. The molecule has 0 radical (unpaired) electrons. The smallest absolute Gasteiger partial charge is 0.335 e. The molecule has 1 aromatic heterocycles. The number of carboxylic acids is 1. The van der Waals surface area contributed by atoms with E-state index in [1.165, 1.54) is 30.3 Å². The third-order valence-corrected chi connectivity index (χ3v) is 2.73. The Hall–Kier alpha value is -2.69. The number of aromatic nitrogens is 1. The molecule has 19 heavy (non-hydrogen) atoms. The number of hydrogen-bond acceptors (Lipinski definition) is 3. The summed E-state index contributed by atoms with van der Waals surface area (Å²) in [5.74, 6) is -1.04. The van der Waals surface area contributed by atoms with Crippen LogP contribution < -0.4 is 0 Å². The third kappa shape index (κ3) is 2.06. The fourth-order valence-corrected chi connectivity index (χ4v) is 1.78. The predicted octanol–water partition coefficient (Wildman–Crippen LogP) is 3.33. The van der Waals surface area contributed by atoms with Crippen LogP contribution in [0.4, 0.5) is 4.39 Å². The summed E-state index contributed by atoms with van der Waals surface area (Å²) in [6.45, 7) is 0. The minimum absolute atomic E-state index is 0.186. The number of fused-ring (bicyclic) bond motifs is 1. The molecule has 3 aromatic rings. The summed E-state index contributed by atoms with van der Waals surface area (Å²) < 4.78 is 18.5. The van der Waals surface area contributed by atoms with E-state index in [9.17, 15) is 9.18 Å². The standard InChI is InChI=1S/C14H8FNO3/c15-10-5-6-12-11(7-10)16-13(19-12)8-1-3-9(4-2-8)14(17)18/h1-7H,(H,17,18). The van der Waals surface area contributed by atoms with Gasteiger partial charge in [-0.15, -0.1) is 0 Å². The molecular weight excluding hydrogens is 249 g/mol. The molecule has 1 heterocycles. The minimum atomic E-state index is -0.994. The van der Waals surface area contributed by atoms with E-state index in [2.05, 4.69) is 4.98 Å². The van der Waals surface area contributed by atoms with Crippen molar-refractivity contribution in [2.45, 2.75) is 0 Å². The summed E-state index contributed by atoms with van der Waals surface area (Å²) in [5.41, 5.74) is 1.74. The van der Waals surface area contributed by atoms with E-state index in [0.717, 1.165) is 0 Å².